The molecule has 2 aromatic rings. The van der Waals surface area contributed by atoms with Crippen molar-refractivity contribution >= 4 is 92.3 Å². The number of rotatable bonds is 5. The van der Waals surface area contributed by atoms with E-state index in [1.165, 1.54) is 24.3 Å². The minimum atomic E-state index is -1.89. The average molecular weight is 573 g/mol. The lowest BCUT2D eigenvalue weighted by molar-refractivity contribution is 0.0696. The topological polar surface area (TPSA) is 90.5 Å². The van der Waals surface area contributed by atoms with Gasteiger partial charge >= 0.3 is 5.97 Å². The first-order chi connectivity index (χ1) is 13.1. The van der Waals surface area contributed by atoms with Crippen molar-refractivity contribution in [3.05, 3.63) is 63.2 Å². The molecular formula is C17H13Cl3IN3O3S. The number of anilines is 1. The van der Waals surface area contributed by atoms with Crippen molar-refractivity contribution in [2.45, 2.75) is 9.96 Å². The van der Waals surface area contributed by atoms with Gasteiger partial charge in [-0.1, -0.05) is 34.8 Å². The molecule has 0 heterocycles. The lowest BCUT2D eigenvalue weighted by Gasteiger charge is -2.27. The van der Waals surface area contributed by atoms with E-state index in [2.05, 4.69) is 38.5 Å². The number of aromatic carboxylic acids is 1. The van der Waals surface area contributed by atoms with E-state index in [9.17, 15) is 9.59 Å². The molecule has 0 aromatic heterocycles. The zero-order chi connectivity index (χ0) is 20.9. The maximum atomic E-state index is 12.4. The second-order valence-electron chi connectivity index (χ2n) is 5.44. The van der Waals surface area contributed by atoms with Crippen molar-refractivity contribution in [3.63, 3.8) is 0 Å². The molecule has 0 fully saturated rings. The Kier molecular flexibility index (Phi) is 8.14. The van der Waals surface area contributed by atoms with Crippen LogP contribution >= 0.6 is 69.6 Å². The summed E-state index contributed by atoms with van der Waals surface area (Å²) in [4.78, 5) is 23.3. The number of alkyl halides is 3. The zero-order valence-corrected chi connectivity index (χ0v) is 19.1. The van der Waals surface area contributed by atoms with Crippen LogP contribution in [0.4, 0.5) is 5.69 Å². The Labute approximate surface area is 195 Å². The van der Waals surface area contributed by atoms with Gasteiger partial charge in [0.1, 0.15) is 6.17 Å². The van der Waals surface area contributed by atoms with E-state index < -0.39 is 21.8 Å². The van der Waals surface area contributed by atoms with Crippen LogP contribution in [-0.2, 0) is 0 Å². The highest BCUT2D eigenvalue weighted by Crippen LogP contribution is 2.29. The highest BCUT2D eigenvalue weighted by molar-refractivity contribution is 14.1. The van der Waals surface area contributed by atoms with Gasteiger partial charge in [-0.05, 0) is 83.3 Å². The van der Waals surface area contributed by atoms with Crippen LogP contribution in [0.1, 0.15) is 20.7 Å². The van der Waals surface area contributed by atoms with Gasteiger partial charge in [0.25, 0.3) is 5.91 Å². The first kappa shape index (κ1) is 23.0. The number of thiocarbonyl (C=S) groups is 1. The predicted octanol–water partition coefficient (Wildman–Crippen LogP) is 4.40. The van der Waals surface area contributed by atoms with Gasteiger partial charge in [-0.25, -0.2) is 4.79 Å². The van der Waals surface area contributed by atoms with Crippen LogP contribution in [0.25, 0.3) is 0 Å². The average Bonchev–Trinajstić information content (AvgIpc) is 2.61. The van der Waals surface area contributed by atoms with Gasteiger partial charge in [0.2, 0.25) is 3.79 Å². The van der Waals surface area contributed by atoms with E-state index in [0.29, 0.717) is 11.3 Å². The number of amides is 1. The van der Waals surface area contributed by atoms with Crippen molar-refractivity contribution in [1.82, 2.24) is 10.6 Å². The summed E-state index contributed by atoms with van der Waals surface area (Å²) in [6.45, 7) is 0. The molecule has 0 unspecified atom stereocenters. The molecule has 0 radical (unpaired) electrons. The van der Waals surface area contributed by atoms with Gasteiger partial charge in [-0.15, -0.1) is 0 Å². The summed E-state index contributed by atoms with van der Waals surface area (Å²) in [6.07, 6.45) is -1.12. The summed E-state index contributed by atoms with van der Waals surface area (Å²) in [5.74, 6) is -1.49. The summed E-state index contributed by atoms with van der Waals surface area (Å²) in [5, 5.41) is 17.1. The molecule has 2 rings (SSSR count). The molecule has 0 aliphatic carbocycles. The van der Waals surface area contributed by atoms with Crippen molar-refractivity contribution in [2.24, 2.45) is 0 Å². The molecule has 28 heavy (non-hydrogen) atoms. The van der Waals surface area contributed by atoms with Gasteiger partial charge < -0.3 is 21.1 Å². The smallest absolute Gasteiger partial charge is 0.335 e. The monoisotopic (exact) mass is 571 g/mol. The highest BCUT2D eigenvalue weighted by atomic mass is 127. The summed E-state index contributed by atoms with van der Waals surface area (Å²) in [7, 11) is 0. The molecule has 1 atom stereocenters. The minimum absolute atomic E-state index is 0.0716. The number of carboxylic acid groups (broad SMARTS) is 1. The number of nitrogens with one attached hydrogen (secondary N) is 3. The first-order valence-electron chi connectivity index (χ1n) is 7.60. The van der Waals surface area contributed by atoms with Gasteiger partial charge in [0.15, 0.2) is 5.11 Å². The Balaban J connectivity index is 2.04. The molecule has 11 heteroatoms. The standard InChI is InChI=1S/C17H13Cl3IN3O3S/c18-17(19,20)15(23-13(25)9-1-5-11(21)6-2-9)24-16(28)22-12-7-3-10(4-8-12)14(26)27/h1-8,15H,(H,23,25)(H,26,27)(H2,22,24,28)/t15-/m1/s1. The number of halogens is 4. The predicted molar refractivity (Wildman–Crippen MR) is 123 cm³/mol. The van der Waals surface area contributed by atoms with Crippen molar-refractivity contribution in [1.29, 1.82) is 0 Å². The van der Waals surface area contributed by atoms with E-state index in [1.807, 2.05) is 0 Å². The Morgan fingerprint density at radius 3 is 2.00 bits per heavy atom. The van der Waals surface area contributed by atoms with Gasteiger partial charge in [-0.3, -0.25) is 4.79 Å². The van der Waals surface area contributed by atoms with E-state index in [1.54, 1.807) is 24.3 Å². The van der Waals surface area contributed by atoms with E-state index in [-0.39, 0.29) is 10.7 Å². The molecule has 1 amide bonds. The third-order valence-electron chi connectivity index (χ3n) is 3.37. The van der Waals surface area contributed by atoms with Gasteiger partial charge in [-0.2, -0.15) is 0 Å². The second kappa shape index (κ2) is 9.93. The molecule has 0 spiro atoms. The maximum absolute atomic E-state index is 12.4. The van der Waals surface area contributed by atoms with Crippen molar-refractivity contribution < 1.29 is 14.7 Å². The number of hydrogen-bond acceptors (Lipinski definition) is 3. The third-order valence-corrected chi connectivity index (χ3v) is 4.97. The summed E-state index contributed by atoms with van der Waals surface area (Å²) in [5.41, 5.74) is 1.05. The normalized spacial score (nSPS) is 12.0. The van der Waals surface area contributed by atoms with Crippen LogP contribution in [0.2, 0.25) is 0 Å². The van der Waals surface area contributed by atoms with Crippen molar-refractivity contribution in [2.75, 3.05) is 5.32 Å². The Morgan fingerprint density at radius 1 is 0.964 bits per heavy atom. The molecular weight excluding hydrogens is 560 g/mol. The fourth-order valence-corrected chi connectivity index (χ4v) is 2.93. The van der Waals surface area contributed by atoms with E-state index >= 15 is 0 Å². The fourth-order valence-electron chi connectivity index (χ4n) is 2.01. The number of benzene rings is 2. The molecule has 0 aliphatic rings. The van der Waals surface area contributed by atoms with Gasteiger partial charge in [0, 0.05) is 14.8 Å². The second-order valence-corrected chi connectivity index (χ2v) is 9.46. The van der Waals surface area contributed by atoms with Crippen LogP contribution < -0.4 is 16.0 Å². The Hall–Kier alpha value is -1.33. The number of hydrogen-bond donors (Lipinski definition) is 4. The van der Waals surface area contributed by atoms with Crippen LogP contribution in [0.15, 0.2) is 48.5 Å². The molecule has 4 N–H and O–H groups in total. The van der Waals surface area contributed by atoms with Crippen LogP contribution in [0.3, 0.4) is 0 Å². The van der Waals surface area contributed by atoms with E-state index in [0.717, 1.165) is 3.57 Å². The van der Waals surface area contributed by atoms with Crippen LogP contribution in [0.5, 0.6) is 0 Å². The third kappa shape index (κ3) is 6.93. The molecule has 6 nitrogen and oxygen atoms in total. The van der Waals surface area contributed by atoms with Crippen LogP contribution in [0, 0.1) is 3.57 Å². The lowest BCUT2D eigenvalue weighted by Crippen LogP contribution is -2.56. The molecule has 0 bridgehead atoms. The fraction of sp³-hybridized carbons (Fsp3) is 0.118. The number of carboxylic acids is 1. The highest BCUT2D eigenvalue weighted by Gasteiger charge is 2.34. The molecule has 0 saturated heterocycles. The summed E-state index contributed by atoms with van der Waals surface area (Å²) >= 11 is 25.2. The van der Waals surface area contributed by atoms with Crippen LogP contribution in [-0.4, -0.2) is 32.1 Å². The first-order valence-corrected chi connectivity index (χ1v) is 10.2. The SMILES string of the molecule is O=C(O)c1ccc(NC(=S)N[C@@H](NC(=O)c2ccc(I)cc2)C(Cl)(Cl)Cl)cc1. The number of carbonyl (C=O) groups excluding carboxylic acids is 1. The number of carbonyl (C=O) groups is 2. The Morgan fingerprint density at radius 2 is 1.50 bits per heavy atom. The molecule has 148 valence electrons. The minimum Gasteiger partial charge on any atom is -0.478 e. The molecule has 0 saturated carbocycles. The van der Waals surface area contributed by atoms with E-state index in [4.69, 9.17) is 52.1 Å². The van der Waals surface area contributed by atoms with Crippen molar-refractivity contribution in [3.8, 4) is 0 Å². The lowest BCUT2D eigenvalue weighted by atomic mass is 10.2. The molecule has 0 aliphatic heterocycles. The Bertz CT molecular complexity index is 874. The quantitative estimate of drug-likeness (QED) is 0.184. The summed E-state index contributed by atoms with van der Waals surface area (Å²) < 4.78 is -0.915. The maximum Gasteiger partial charge on any atom is 0.335 e. The van der Waals surface area contributed by atoms with Gasteiger partial charge in [0.05, 0.1) is 5.56 Å². The zero-order valence-electron chi connectivity index (χ0n) is 13.9. The summed E-state index contributed by atoms with van der Waals surface area (Å²) in [6, 6.07) is 12.7. The largest absolute Gasteiger partial charge is 0.478 e. The molecule has 2 aromatic carbocycles.